The number of hydrogen-bond donors (Lipinski definition) is 1. The zero-order valence-corrected chi connectivity index (χ0v) is 12.9. The zero-order valence-electron chi connectivity index (χ0n) is 11.4. The van der Waals surface area contributed by atoms with Crippen LogP contribution >= 0.6 is 23.2 Å². The summed E-state index contributed by atoms with van der Waals surface area (Å²) in [6.07, 6.45) is 0. The molecular formula is C14H15Cl2NO3. The van der Waals surface area contributed by atoms with Crippen molar-refractivity contribution in [3.05, 3.63) is 45.0 Å². The Kier molecular flexibility index (Phi) is 5.60. The van der Waals surface area contributed by atoms with E-state index in [0.29, 0.717) is 15.6 Å². The first-order valence-electron chi connectivity index (χ1n) is 5.84. The normalized spacial score (nSPS) is 11.8. The molecule has 108 valence electrons. The fourth-order valence-electron chi connectivity index (χ4n) is 1.60. The second kappa shape index (κ2) is 6.77. The van der Waals surface area contributed by atoms with E-state index >= 15 is 0 Å². The molecule has 1 aromatic rings. The molecule has 0 aliphatic carbocycles. The number of amides is 1. The minimum atomic E-state index is -1.11. The Bertz CT molecular complexity index is 582. The highest BCUT2D eigenvalue weighted by molar-refractivity contribution is 6.42. The van der Waals surface area contributed by atoms with Crippen LogP contribution in [0.5, 0.6) is 0 Å². The molecule has 0 spiro atoms. The maximum atomic E-state index is 12.1. The van der Waals surface area contributed by atoms with Crippen molar-refractivity contribution in [2.45, 2.75) is 20.4 Å². The molecule has 0 radical (unpaired) electrons. The van der Waals surface area contributed by atoms with Crippen LogP contribution in [-0.4, -0.2) is 28.9 Å². The zero-order chi connectivity index (χ0) is 15.4. The molecule has 0 unspecified atom stereocenters. The van der Waals surface area contributed by atoms with Crippen LogP contribution in [-0.2, 0) is 16.1 Å². The molecule has 0 saturated heterocycles. The van der Waals surface area contributed by atoms with Gasteiger partial charge in [0.05, 0.1) is 10.0 Å². The average Bonchev–Trinajstić information content (AvgIpc) is 2.41. The number of carbonyl (C=O) groups is 2. The highest BCUT2D eigenvalue weighted by atomic mass is 35.5. The number of carbonyl (C=O) groups excluding carboxylic acids is 1. The molecule has 0 bridgehead atoms. The molecule has 20 heavy (non-hydrogen) atoms. The Hall–Kier alpha value is -1.52. The van der Waals surface area contributed by atoms with Crippen molar-refractivity contribution in [1.82, 2.24) is 4.90 Å². The Morgan fingerprint density at radius 1 is 1.20 bits per heavy atom. The van der Waals surface area contributed by atoms with Gasteiger partial charge in [0.15, 0.2) is 0 Å². The van der Waals surface area contributed by atoms with E-state index in [9.17, 15) is 9.59 Å². The van der Waals surface area contributed by atoms with E-state index in [4.69, 9.17) is 28.3 Å². The SMILES string of the molecule is CC(C(=O)O)=C(C)C(=O)N(C)Cc1cccc(Cl)c1Cl. The Labute approximate surface area is 127 Å². The molecule has 1 aromatic carbocycles. The van der Waals surface area contributed by atoms with E-state index in [-0.39, 0.29) is 23.6 Å². The monoisotopic (exact) mass is 315 g/mol. The number of hydrogen-bond acceptors (Lipinski definition) is 2. The average molecular weight is 316 g/mol. The molecule has 0 fully saturated rings. The molecule has 0 saturated carbocycles. The van der Waals surface area contributed by atoms with Crippen LogP contribution in [0.1, 0.15) is 19.4 Å². The van der Waals surface area contributed by atoms with Gasteiger partial charge in [0.25, 0.3) is 0 Å². The van der Waals surface area contributed by atoms with Crippen molar-refractivity contribution >= 4 is 35.1 Å². The molecule has 1 rings (SSSR count). The van der Waals surface area contributed by atoms with Gasteiger partial charge in [-0.1, -0.05) is 35.3 Å². The third-order valence-electron chi connectivity index (χ3n) is 2.99. The summed E-state index contributed by atoms with van der Waals surface area (Å²) in [4.78, 5) is 24.4. The summed E-state index contributed by atoms with van der Waals surface area (Å²) in [5.41, 5.74) is 0.924. The Morgan fingerprint density at radius 3 is 2.35 bits per heavy atom. The molecule has 0 atom stereocenters. The molecule has 1 N–H and O–H groups in total. The van der Waals surface area contributed by atoms with Gasteiger partial charge in [-0.25, -0.2) is 4.79 Å². The predicted molar refractivity (Wildman–Crippen MR) is 78.9 cm³/mol. The van der Waals surface area contributed by atoms with Crippen LogP contribution in [0, 0.1) is 0 Å². The number of carboxylic acid groups (broad SMARTS) is 1. The van der Waals surface area contributed by atoms with E-state index in [1.807, 2.05) is 0 Å². The van der Waals surface area contributed by atoms with Gasteiger partial charge in [-0.2, -0.15) is 0 Å². The highest BCUT2D eigenvalue weighted by Crippen LogP contribution is 2.26. The largest absolute Gasteiger partial charge is 0.478 e. The summed E-state index contributed by atoms with van der Waals surface area (Å²) in [5, 5.41) is 9.70. The number of halogens is 2. The Morgan fingerprint density at radius 2 is 1.80 bits per heavy atom. The van der Waals surface area contributed by atoms with E-state index in [0.717, 1.165) is 0 Å². The standard InChI is InChI=1S/C14H15Cl2NO3/c1-8(9(2)14(19)20)13(18)17(3)7-10-5-4-6-11(15)12(10)16/h4-6H,7H2,1-3H3,(H,19,20). The van der Waals surface area contributed by atoms with Gasteiger partial charge in [0, 0.05) is 24.7 Å². The summed E-state index contributed by atoms with van der Waals surface area (Å²) in [6, 6.07) is 5.17. The highest BCUT2D eigenvalue weighted by Gasteiger charge is 2.17. The second-order valence-corrected chi connectivity index (χ2v) is 5.21. The molecular weight excluding hydrogens is 301 g/mol. The minimum Gasteiger partial charge on any atom is -0.478 e. The molecule has 0 heterocycles. The first-order chi connectivity index (χ1) is 9.25. The van der Waals surface area contributed by atoms with Crippen molar-refractivity contribution in [3.8, 4) is 0 Å². The minimum absolute atomic E-state index is 0.0269. The molecule has 6 heteroatoms. The predicted octanol–water partition coefficient (Wildman–Crippen LogP) is 3.37. The van der Waals surface area contributed by atoms with Crippen LogP contribution in [0.4, 0.5) is 0 Å². The van der Waals surface area contributed by atoms with Gasteiger partial charge in [0.1, 0.15) is 0 Å². The summed E-state index contributed by atoms with van der Waals surface area (Å²) in [7, 11) is 1.58. The molecule has 0 aliphatic rings. The van der Waals surface area contributed by atoms with Crippen LogP contribution in [0.3, 0.4) is 0 Å². The molecule has 0 aromatic heterocycles. The topological polar surface area (TPSA) is 57.6 Å². The van der Waals surface area contributed by atoms with Gasteiger partial charge in [0.2, 0.25) is 5.91 Å². The van der Waals surface area contributed by atoms with Gasteiger partial charge < -0.3 is 10.0 Å². The van der Waals surface area contributed by atoms with Gasteiger partial charge in [-0.15, -0.1) is 0 Å². The summed E-state index contributed by atoms with van der Waals surface area (Å²) in [5.74, 6) is -1.47. The van der Waals surface area contributed by atoms with Crippen LogP contribution in [0.25, 0.3) is 0 Å². The van der Waals surface area contributed by atoms with E-state index in [2.05, 4.69) is 0 Å². The summed E-state index contributed by atoms with van der Waals surface area (Å²) >= 11 is 12.0. The lowest BCUT2D eigenvalue weighted by atomic mass is 10.1. The molecule has 0 aliphatic heterocycles. The van der Waals surface area contributed by atoms with Crippen LogP contribution < -0.4 is 0 Å². The molecule has 4 nitrogen and oxygen atoms in total. The number of rotatable bonds is 4. The van der Waals surface area contributed by atoms with E-state index < -0.39 is 5.97 Å². The number of aliphatic carboxylic acids is 1. The lowest BCUT2D eigenvalue weighted by Gasteiger charge is -2.19. The van der Waals surface area contributed by atoms with Crippen LogP contribution in [0.2, 0.25) is 10.0 Å². The fourth-order valence-corrected chi connectivity index (χ4v) is 1.98. The Balaban J connectivity index is 2.94. The van der Waals surface area contributed by atoms with Gasteiger partial charge in [-0.3, -0.25) is 4.79 Å². The number of likely N-dealkylation sites (N-methyl/N-ethyl adjacent to an activating group) is 1. The number of benzene rings is 1. The van der Waals surface area contributed by atoms with Crippen molar-refractivity contribution < 1.29 is 14.7 Å². The maximum Gasteiger partial charge on any atom is 0.331 e. The summed E-state index contributed by atoms with van der Waals surface area (Å²) in [6.45, 7) is 3.14. The molecule has 1 amide bonds. The second-order valence-electron chi connectivity index (χ2n) is 4.43. The van der Waals surface area contributed by atoms with Crippen molar-refractivity contribution in [3.63, 3.8) is 0 Å². The van der Waals surface area contributed by atoms with Crippen molar-refractivity contribution in [2.75, 3.05) is 7.05 Å². The fraction of sp³-hybridized carbons (Fsp3) is 0.286. The van der Waals surface area contributed by atoms with Crippen molar-refractivity contribution in [1.29, 1.82) is 0 Å². The van der Waals surface area contributed by atoms with E-state index in [1.54, 1.807) is 25.2 Å². The lowest BCUT2D eigenvalue weighted by Crippen LogP contribution is -2.28. The van der Waals surface area contributed by atoms with Gasteiger partial charge >= 0.3 is 5.97 Å². The van der Waals surface area contributed by atoms with Crippen LogP contribution in [0.15, 0.2) is 29.3 Å². The third kappa shape index (κ3) is 3.74. The number of carboxylic acids is 1. The quantitative estimate of drug-likeness (QED) is 0.867. The smallest absolute Gasteiger partial charge is 0.331 e. The third-order valence-corrected chi connectivity index (χ3v) is 3.85. The van der Waals surface area contributed by atoms with E-state index in [1.165, 1.54) is 18.7 Å². The first kappa shape index (κ1) is 16.5. The number of nitrogens with zero attached hydrogens (tertiary/aromatic N) is 1. The summed E-state index contributed by atoms with van der Waals surface area (Å²) < 4.78 is 0. The van der Waals surface area contributed by atoms with Gasteiger partial charge in [-0.05, 0) is 25.5 Å². The van der Waals surface area contributed by atoms with Crippen molar-refractivity contribution in [2.24, 2.45) is 0 Å². The first-order valence-corrected chi connectivity index (χ1v) is 6.60. The lowest BCUT2D eigenvalue weighted by molar-refractivity contribution is -0.133. The maximum absolute atomic E-state index is 12.1.